The molecule has 0 N–H and O–H groups in total. The van der Waals surface area contributed by atoms with Crippen molar-refractivity contribution in [1.29, 1.82) is 0 Å². The Labute approximate surface area is 117 Å². The van der Waals surface area contributed by atoms with Gasteiger partial charge in [0.05, 0.1) is 0 Å². The molecule has 0 fully saturated rings. The van der Waals surface area contributed by atoms with Gasteiger partial charge in [-0.1, -0.05) is 47.8 Å². The quantitative estimate of drug-likeness (QED) is 0.647. The summed E-state index contributed by atoms with van der Waals surface area (Å²) in [5, 5.41) is 0. The first-order chi connectivity index (χ1) is 9.90. The minimum Gasteiger partial charge on any atom is -0.405 e. The first-order valence-corrected chi connectivity index (χ1v) is 6.37. The lowest BCUT2D eigenvalue weighted by Crippen LogP contribution is -2.26. The molecule has 0 atom stereocenters. The van der Waals surface area contributed by atoms with Crippen LogP contribution in [-0.4, -0.2) is 0 Å². The van der Waals surface area contributed by atoms with Gasteiger partial charge in [-0.25, -0.2) is 9.35 Å². The summed E-state index contributed by atoms with van der Waals surface area (Å²) in [7, 11) is 0. The summed E-state index contributed by atoms with van der Waals surface area (Å²) in [5.74, 6) is 0. The molecule has 20 heavy (non-hydrogen) atoms. The molecule has 3 aromatic rings. The molecule has 4 heteroatoms. The minimum absolute atomic E-state index is 0.887. The lowest BCUT2D eigenvalue weighted by atomic mass is 10.3. The molecule has 4 nitrogen and oxygen atoms in total. The van der Waals surface area contributed by atoms with Gasteiger partial charge in [0, 0.05) is 24.3 Å². The summed E-state index contributed by atoms with van der Waals surface area (Å²) >= 11 is 0. The van der Waals surface area contributed by atoms with Crippen molar-refractivity contribution in [1.82, 2.24) is 0 Å². The predicted octanol–water partition coefficient (Wildman–Crippen LogP) is 3.20. The second-order valence-electron chi connectivity index (χ2n) is 4.23. The van der Waals surface area contributed by atoms with E-state index in [1.807, 2.05) is 85.5 Å². The van der Waals surface area contributed by atoms with Gasteiger partial charge in [-0.05, 0) is 0 Å². The molecule has 1 aromatic carbocycles. The van der Waals surface area contributed by atoms with Gasteiger partial charge in [0.1, 0.15) is 0 Å². The second kappa shape index (κ2) is 5.84. The number of rotatable bonds is 4. The van der Waals surface area contributed by atoms with Gasteiger partial charge in [0.15, 0.2) is 24.8 Å². The molecule has 2 heterocycles. The maximum Gasteiger partial charge on any atom is 0.164 e. The normalized spacial score (nSPS) is 10.0. The number of pyridine rings is 2. The molecule has 0 unspecified atom stereocenters. The Bertz CT molecular complexity index is 591. The number of hydrogen-bond acceptors (Lipinski definition) is 0. The SMILES string of the molecule is c1cc[n+]([N-]c2ccc([N-][n+]3ccccc3)cc2)cc1. The summed E-state index contributed by atoms with van der Waals surface area (Å²) < 4.78 is 3.55. The molecule has 0 aliphatic rings. The van der Waals surface area contributed by atoms with Gasteiger partial charge in [0.25, 0.3) is 0 Å². The smallest absolute Gasteiger partial charge is 0.164 e. The van der Waals surface area contributed by atoms with Crippen LogP contribution in [0.15, 0.2) is 85.5 Å². The van der Waals surface area contributed by atoms with Crippen LogP contribution in [0.4, 0.5) is 11.4 Å². The lowest BCUT2D eigenvalue weighted by molar-refractivity contribution is -0.619. The van der Waals surface area contributed by atoms with E-state index in [1.165, 1.54) is 0 Å². The zero-order chi connectivity index (χ0) is 13.6. The van der Waals surface area contributed by atoms with Crippen molar-refractivity contribution in [2.45, 2.75) is 0 Å². The van der Waals surface area contributed by atoms with Crippen LogP contribution < -0.4 is 9.35 Å². The predicted molar refractivity (Wildman–Crippen MR) is 76.6 cm³/mol. The highest BCUT2D eigenvalue weighted by molar-refractivity contribution is 5.55. The third-order valence-electron chi connectivity index (χ3n) is 2.71. The molecule has 0 amide bonds. The van der Waals surface area contributed by atoms with E-state index in [0.717, 1.165) is 11.4 Å². The highest BCUT2D eigenvalue weighted by Gasteiger charge is 1.90. The van der Waals surface area contributed by atoms with E-state index in [1.54, 1.807) is 9.35 Å². The molecule has 2 aromatic heterocycles. The Morgan fingerprint density at radius 3 is 1.20 bits per heavy atom. The van der Waals surface area contributed by atoms with Crippen molar-refractivity contribution >= 4 is 11.4 Å². The molecular weight excluding hydrogens is 248 g/mol. The van der Waals surface area contributed by atoms with Crippen molar-refractivity contribution in [2.24, 2.45) is 0 Å². The first-order valence-electron chi connectivity index (χ1n) is 6.37. The van der Waals surface area contributed by atoms with Gasteiger partial charge in [-0.2, -0.15) is 0 Å². The zero-order valence-corrected chi connectivity index (χ0v) is 10.9. The van der Waals surface area contributed by atoms with Gasteiger partial charge in [0.2, 0.25) is 0 Å². The fraction of sp³-hybridized carbons (Fsp3) is 0. The number of nitrogens with zero attached hydrogens (tertiary/aromatic N) is 4. The van der Waals surface area contributed by atoms with Gasteiger partial charge < -0.3 is 10.9 Å². The molecule has 0 spiro atoms. The molecule has 0 saturated carbocycles. The Balaban J connectivity index is 1.69. The van der Waals surface area contributed by atoms with Crippen LogP contribution in [0.1, 0.15) is 0 Å². The first kappa shape index (κ1) is 12.2. The average molecular weight is 262 g/mol. The van der Waals surface area contributed by atoms with Crippen molar-refractivity contribution in [3.8, 4) is 0 Å². The van der Waals surface area contributed by atoms with Crippen LogP contribution in [0.3, 0.4) is 0 Å². The summed E-state index contributed by atoms with van der Waals surface area (Å²) in [6.07, 6.45) is 7.60. The summed E-state index contributed by atoms with van der Waals surface area (Å²) in [6, 6.07) is 19.5. The van der Waals surface area contributed by atoms with E-state index in [0.29, 0.717) is 0 Å². The standard InChI is InChI=1S/C16H14N4/c1-3-11-19(12-4-1)17-15-7-9-16(10-8-15)18-20-13-5-2-6-14-20/h1-14H. The third kappa shape index (κ3) is 3.11. The Morgan fingerprint density at radius 1 is 0.500 bits per heavy atom. The number of aromatic nitrogens is 2. The molecule has 3 rings (SSSR count). The van der Waals surface area contributed by atoms with Crippen molar-refractivity contribution < 1.29 is 9.35 Å². The molecule has 0 aliphatic heterocycles. The van der Waals surface area contributed by atoms with E-state index >= 15 is 0 Å². The van der Waals surface area contributed by atoms with Crippen molar-refractivity contribution in [3.63, 3.8) is 0 Å². The van der Waals surface area contributed by atoms with Crippen LogP contribution >= 0.6 is 0 Å². The summed E-state index contributed by atoms with van der Waals surface area (Å²) in [4.78, 5) is 0. The van der Waals surface area contributed by atoms with Gasteiger partial charge in [-0.15, -0.1) is 0 Å². The zero-order valence-electron chi connectivity index (χ0n) is 10.9. The van der Waals surface area contributed by atoms with Crippen molar-refractivity contribution in [3.05, 3.63) is 96.3 Å². The van der Waals surface area contributed by atoms with Crippen LogP contribution in [0.2, 0.25) is 0 Å². The third-order valence-corrected chi connectivity index (χ3v) is 2.71. The minimum atomic E-state index is 0.887. The van der Waals surface area contributed by atoms with E-state index < -0.39 is 0 Å². The highest BCUT2D eigenvalue weighted by atomic mass is 15.4. The van der Waals surface area contributed by atoms with Crippen LogP contribution in [0.25, 0.3) is 10.9 Å². The molecule has 0 bridgehead atoms. The lowest BCUT2D eigenvalue weighted by Gasteiger charge is -2.17. The molecular formula is C16H14N4. The fourth-order valence-corrected chi connectivity index (χ4v) is 1.77. The Kier molecular flexibility index (Phi) is 3.55. The maximum atomic E-state index is 4.46. The highest BCUT2D eigenvalue weighted by Crippen LogP contribution is 2.21. The Morgan fingerprint density at radius 2 is 0.850 bits per heavy atom. The number of benzene rings is 1. The van der Waals surface area contributed by atoms with Crippen molar-refractivity contribution in [2.75, 3.05) is 0 Å². The molecule has 98 valence electrons. The molecule has 0 radical (unpaired) electrons. The van der Waals surface area contributed by atoms with E-state index in [-0.39, 0.29) is 0 Å². The van der Waals surface area contributed by atoms with Crippen LogP contribution in [-0.2, 0) is 0 Å². The van der Waals surface area contributed by atoms with Crippen LogP contribution in [0, 0.1) is 0 Å². The molecule has 0 saturated heterocycles. The monoisotopic (exact) mass is 262 g/mol. The van der Waals surface area contributed by atoms with E-state index in [2.05, 4.69) is 10.9 Å². The Hall–Kier alpha value is -2.88. The topological polar surface area (TPSA) is 36.0 Å². The average Bonchev–Trinajstić information content (AvgIpc) is 2.51. The fourth-order valence-electron chi connectivity index (χ4n) is 1.77. The summed E-state index contributed by atoms with van der Waals surface area (Å²) in [6.45, 7) is 0. The largest absolute Gasteiger partial charge is 0.405 e. The maximum absolute atomic E-state index is 4.46. The van der Waals surface area contributed by atoms with E-state index in [9.17, 15) is 0 Å². The number of hydrogen-bond donors (Lipinski definition) is 0. The van der Waals surface area contributed by atoms with E-state index in [4.69, 9.17) is 0 Å². The molecule has 0 aliphatic carbocycles. The van der Waals surface area contributed by atoms with Gasteiger partial charge >= 0.3 is 0 Å². The van der Waals surface area contributed by atoms with Crippen LogP contribution in [0.5, 0.6) is 0 Å². The summed E-state index contributed by atoms with van der Waals surface area (Å²) in [5.41, 5.74) is 10.7. The van der Waals surface area contributed by atoms with Gasteiger partial charge in [-0.3, -0.25) is 0 Å². The second-order valence-corrected chi connectivity index (χ2v) is 4.23.